The van der Waals surface area contributed by atoms with Gasteiger partial charge in [-0.3, -0.25) is 4.79 Å². The van der Waals surface area contributed by atoms with E-state index in [1.807, 2.05) is 25.9 Å². The van der Waals surface area contributed by atoms with Crippen LogP contribution in [0.15, 0.2) is 0 Å². The number of likely N-dealkylation sites (N-methyl/N-ethyl adjacent to an activating group) is 1. The van der Waals surface area contributed by atoms with E-state index < -0.39 is 9.84 Å². The van der Waals surface area contributed by atoms with E-state index in [0.717, 1.165) is 0 Å². The van der Waals surface area contributed by atoms with Gasteiger partial charge in [0, 0.05) is 31.6 Å². The molecule has 1 saturated heterocycles. The SMILES string of the molecule is CC(CNC(=O)CC1CS(=O)(=O)CCN1)N(C)C. The van der Waals surface area contributed by atoms with Gasteiger partial charge in [0.1, 0.15) is 0 Å². The first-order valence-corrected chi connectivity index (χ1v) is 7.99. The maximum atomic E-state index is 11.7. The summed E-state index contributed by atoms with van der Waals surface area (Å²) in [4.78, 5) is 13.7. The highest BCUT2D eigenvalue weighted by Crippen LogP contribution is 2.04. The summed E-state index contributed by atoms with van der Waals surface area (Å²) in [6, 6.07) is 0.00964. The van der Waals surface area contributed by atoms with Gasteiger partial charge in [0.15, 0.2) is 9.84 Å². The highest BCUT2D eigenvalue weighted by Gasteiger charge is 2.25. The third kappa shape index (κ3) is 5.32. The number of hydrogen-bond donors (Lipinski definition) is 2. The van der Waals surface area contributed by atoms with Gasteiger partial charge in [-0.25, -0.2) is 8.42 Å². The first-order chi connectivity index (χ1) is 8.30. The second-order valence-corrected chi connectivity index (χ2v) is 7.31. The first-order valence-electron chi connectivity index (χ1n) is 6.17. The Kier molecular flexibility index (Phi) is 5.55. The molecule has 6 nitrogen and oxygen atoms in total. The minimum atomic E-state index is -2.97. The van der Waals surface area contributed by atoms with Gasteiger partial charge in [-0.15, -0.1) is 0 Å². The Morgan fingerprint density at radius 2 is 2.17 bits per heavy atom. The summed E-state index contributed by atoms with van der Waals surface area (Å²) in [5, 5.41) is 5.89. The van der Waals surface area contributed by atoms with Crippen molar-refractivity contribution in [1.29, 1.82) is 0 Å². The highest BCUT2D eigenvalue weighted by molar-refractivity contribution is 7.91. The molecular formula is C11H23N3O3S. The molecule has 0 bridgehead atoms. The van der Waals surface area contributed by atoms with Crippen molar-refractivity contribution in [2.24, 2.45) is 0 Å². The molecular weight excluding hydrogens is 254 g/mol. The summed E-state index contributed by atoms with van der Waals surface area (Å²) >= 11 is 0. The van der Waals surface area contributed by atoms with Gasteiger partial charge in [0.25, 0.3) is 0 Å². The van der Waals surface area contributed by atoms with Crippen molar-refractivity contribution in [3.63, 3.8) is 0 Å². The van der Waals surface area contributed by atoms with Gasteiger partial charge in [-0.2, -0.15) is 0 Å². The van der Waals surface area contributed by atoms with E-state index in [-0.39, 0.29) is 35.9 Å². The molecule has 0 radical (unpaired) electrons. The zero-order valence-corrected chi connectivity index (χ0v) is 12.1. The second kappa shape index (κ2) is 6.49. The topological polar surface area (TPSA) is 78.5 Å². The van der Waals surface area contributed by atoms with Crippen molar-refractivity contribution in [3.05, 3.63) is 0 Å². The molecule has 18 heavy (non-hydrogen) atoms. The summed E-state index contributed by atoms with van der Waals surface area (Å²) in [5.41, 5.74) is 0. The van der Waals surface area contributed by atoms with Gasteiger partial charge in [0.2, 0.25) is 5.91 Å². The molecule has 1 aliphatic heterocycles. The lowest BCUT2D eigenvalue weighted by Gasteiger charge is -2.24. The van der Waals surface area contributed by atoms with Crippen molar-refractivity contribution in [2.75, 3.05) is 38.7 Å². The predicted octanol–water partition coefficient (Wildman–Crippen LogP) is -1.17. The van der Waals surface area contributed by atoms with Crippen molar-refractivity contribution in [3.8, 4) is 0 Å². The van der Waals surface area contributed by atoms with E-state index in [0.29, 0.717) is 13.1 Å². The molecule has 1 heterocycles. The van der Waals surface area contributed by atoms with Gasteiger partial charge >= 0.3 is 0 Å². The Bertz CT molecular complexity index is 381. The van der Waals surface area contributed by atoms with E-state index in [9.17, 15) is 13.2 Å². The molecule has 2 N–H and O–H groups in total. The van der Waals surface area contributed by atoms with Crippen LogP contribution in [0.2, 0.25) is 0 Å². The fourth-order valence-electron chi connectivity index (χ4n) is 1.74. The molecule has 0 spiro atoms. The lowest BCUT2D eigenvalue weighted by atomic mass is 10.2. The van der Waals surface area contributed by atoms with Crippen molar-refractivity contribution < 1.29 is 13.2 Å². The van der Waals surface area contributed by atoms with Crippen LogP contribution in [0.1, 0.15) is 13.3 Å². The maximum absolute atomic E-state index is 11.7. The van der Waals surface area contributed by atoms with E-state index in [1.165, 1.54) is 0 Å². The van der Waals surface area contributed by atoms with Crippen LogP contribution in [-0.2, 0) is 14.6 Å². The lowest BCUT2D eigenvalue weighted by molar-refractivity contribution is -0.121. The highest BCUT2D eigenvalue weighted by atomic mass is 32.2. The fraction of sp³-hybridized carbons (Fsp3) is 0.909. The summed E-state index contributed by atoms with van der Waals surface area (Å²) in [7, 11) is 0.928. The Morgan fingerprint density at radius 3 is 2.72 bits per heavy atom. The lowest BCUT2D eigenvalue weighted by Crippen LogP contribution is -2.48. The monoisotopic (exact) mass is 277 g/mol. The summed E-state index contributed by atoms with van der Waals surface area (Å²) in [6.07, 6.45) is 0.222. The number of sulfone groups is 1. The standard InChI is InChI=1S/C11H23N3O3S/c1-9(14(2)3)7-13-11(15)6-10-8-18(16,17)5-4-12-10/h9-10,12H,4-8H2,1-3H3,(H,13,15). The summed E-state index contributed by atoms with van der Waals surface area (Å²) < 4.78 is 22.8. The average Bonchev–Trinajstić information content (AvgIpc) is 2.24. The largest absolute Gasteiger partial charge is 0.354 e. The quantitative estimate of drug-likeness (QED) is 0.662. The van der Waals surface area contributed by atoms with Crippen LogP contribution in [0.5, 0.6) is 0 Å². The molecule has 0 aromatic rings. The molecule has 7 heteroatoms. The number of hydrogen-bond acceptors (Lipinski definition) is 5. The molecule has 1 rings (SSSR count). The molecule has 0 saturated carbocycles. The Morgan fingerprint density at radius 1 is 1.50 bits per heavy atom. The fourth-order valence-corrected chi connectivity index (χ4v) is 3.18. The molecule has 0 aromatic carbocycles. The number of carbonyl (C=O) groups excluding carboxylic acids is 1. The summed E-state index contributed by atoms with van der Waals surface area (Å²) in [6.45, 7) is 3.03. The average molecular weight is 277 g/mol. The predicted molar refractivity (Wildman–Crippen MR) is 71.2 cm³/mol. The van der Waals surface area contributed by atoms with Crippen molar-refractivity contribution in [2.45, 2.75) is 25.4 Å². The van der Waals surface area contributed by atoms with E-state index in [1.54, 1.807) is 0 Å². The van der Waals surface area contributed by atoms with E-state index in [2.05, 4.69) is 10.6 Å². The molecule has 2 atom stereocenters. The van der Waals surface area contributed by atoms with Gasteiger partial charge < -0.3 is 15.5 Å². The molecule has 0 aliphatic carbocycles. The zero-order chi connectivity index (χ0) is 13.8. The number of amides is 1. The minimum absolute atomic E-state index is 0.0592. The molecule has 2 unspecified atom stereocenters. The normalized spacial score (nSPS) is 24.8. The van der Waals surface area contributed by atoms with Crippen molar-refractivity contribution >= 4 is 15.7 Å². The third-order valence-corrected chi connectivity index (χ3v) is 4.95. The Hall–Kier alpha value is -0.660. The number of rotatable bonds is 5. The Labute approximate surface area is 109 Å². The molecule has 1 amide bonds. The van der Waals surface area contributed by atoms with Crippen LogP contribution in [-0.4, -0.2) is 70.0 Å². The zero-order valence-electron chi connectivity index (χ0n) is 11.3. The van der Waals surface area contributed by atoms with Gasteiger partial charge in [-0.1, -0.05) is 0 Å². The van der Waals surface area contributed by atoms with Gasteiger partial charge in [0.05, 0.1) is 11.5 Å². The third-order valence-electron chi connectivity index (χ3n) is 3.21. The first kappa shape index (κ1) is 15.4. The molecule has 0 aromatic heterocycles. The minimum Gasteiger partial charge on any atom is -0.354 e. The second-order valence-electron chi connectivity index (χ2n) is 5.09. The molecule has 106 valence electrons. The Balaban J connectivity index is 2.32. The van der Waals surface area contributed by atoms with Gasteiger partial charge in [-0.05, 0) is 21.0 Å². The van der Waals surface area contributed by atoms with Crippen LogP contribution in [0.3, 0.4) is 0 Å². The van der Waals surface area contributed by atoms with Crippen LogP contribution in [0, 0.1) is 0 Å². The number of nitrogens with zero attached hydrogens (tertiary/aromatic N) is 1. The van der Waals surface area contributed by atoms with E-state index in [4.69, 9.17) is 0 Å². The van der Waals surface area contributed by atoms with E-state index >= 15 is 0 Å². The van der Waals surface area contributed by atoms with Crippen LogP contribution >= 0.6 is 0 Å². The molecule has 1 fully saturated rings. The van der Waals surface area contributed by atoms with Crippen molar-refractivity contribution in [1.82, 2.24) is 15.5 Å². The number of carbonyl (C=O) groups is 1. The maximum Gasteiger partial charge on any atom is 0.221 e. The summed E-state index contributed by atoms with van der Waals surface area (Å²) in [5.74, 6) is 0.130. The number of nitrogens with one attached hydrogen (secondary N) is 2. The van der Waals surface area contributed by atoms with Crippen LogP contribution < -0.4 is 10.6 Å². The smallest absolute Gasteiger partial charge is 0.221 e. The molecule has 1 aliphatic rings. The van der Waals surface area contributed by atoms with Crippen LogP contribution in [0.25, 0.3) is 0 Å². The van der Waals surface area contributed by atoms with Crippen LogP contribution in [0.4, 0.5) is 0 Å².